The van der Waals surface area contributed by atoms with Crippen LogP contribution in [0.3, 0.4) is 0 Å². The van der Waals surface area contributed by atoms with E-state index in [0.717, 1.165) is 37.1 Å². The number of imidazole rings is 1. The van der Waals surface area contributed by atoms with Crippen molar-refractivity contribution in [1.29, 1.82) is 0 Å². The Kier molecular flexibility index (Phi) is 8.15. The van der Waals surface area contributed by atoms with E-state index in [1.165, 1.54) is 10.9 Å². The molecule has 1 spiro atoms. The topological polar surface area (TPSA) is 176 Å². The molecule has 46 heavy (non-hydrogen) atoms. The highest BCUT2D eigenvalue weighted by atomic mass is 16.6. The molecule has 6 N–H and O–H groups in total. The van der Waals surface area contributed by atoms with Crippen molar-refractivity contribution in [3.63, 3.8) is 0 Å². The third-order valence-corrected chi connectivity index (χ3v) is 9.40. The highest BCUT2D eigenvalue weighted by Gasteiger charge is 2.56. The van der Waals surface area contributed by atoms with Crippen molar-refractivity contribution >= 4 is 28.8 Å². The maximum Gasteiger partial charge on any atom is 0.289 e. The standard InChI is InChI=1S/C33H38N8O5/c1-2-35-30(44)26-24(42)25(43)32(46-26)41-18-37-23-27(36-16-21(19-9-5-3-6-10-19)20-11-7-4-8-12-20)39-28(40-29(23)41)31(45)38-22-15-33(22)13-14-34-17-33/h3-12,18,21-22,24-26,32,34,42-43H,2,13-17H2,1H3,(H,35,44)(H,38,45)(H,36,39,40)/t22?,24-,25?,26-,32+,33+/m0/s1. The number of aromatic nitrogens is 4. The summed E-state index contributed by atoms with van der Waals surface area (Å²) in [5.41, 5.74) is 2.86. The van der Waals surface area contributed by atoms with E-state index in [2.05, 4.69) is 60.5 Å². The SMILES string of the molecule is CCNC(=O)[C@H]1O[C@@H](n2cnc3c(NCC(c4ccccc4)c4ccccc4)nc(C(=O)NC4C[C@@]45CCNC5)nc32)C(O)[C@@H]1O. The molecule has 2 aliphatic heterocycles. The molecule has 240 valence electrons. The van der Waals surface area contributed by atoms with E-state index in [0.29, 0.717) is 24.4 Å². The lowest BCUT2D eigenvalue weighted by molar-refractivity contribution is -0.137. The molecular weight excluding hydrogens is 588 g/mol. The molecule has 3 fully saturated rings. The van der Waals surface area contributed by atoms with Crippen molar-refractivity contribution in [3.8, 4) is 0 Å². The molecule has 1 aliphatic carbocycles. The molecule has 13 heteroatoms. The Bertz CT molecular complexity index is 1670. The first-order chi connectivity index (χ1) is 22.4. The number of rotatable bonds is 10. The molecule has 4 heterocycles. The van der Waals surface area contributed by atoms with Gasteiger partial charge in [-0.25, -0.2) is 15.0 Å². The minimum atomic E-state index is -1.47. The molecule has 2 aromatic heterocycles. The number of anilines is 1. The van der Waals surface area contributed by atoms with Crippen LogP contribution in [-0.2, 0) is 9.53 Å². The summed E-state index contributed by atoms with van der Waals surface area (Å²) < 4.78 is 7.31. The number of aliphatic hydroxyl groups is 2. The van der Waals surface area contributed by atoms with Crippen molar-refractivity contribution in [2.45, 2.75) is 56.3 Å². The van der Waals surface area contributed by atoms with E-state index < -0.39 is 36.4 Å². The maximum atomic E-state index is 13.6. The van der Waals surface area contributed by atoms with Gasteiger partial charge < -0.3 is 36.2 Å². The van der Waals surface area contributed by atoms with Gasteiger partial charge in [-0.1, -0.05) is 60.7 Å². The molecule has 0 radical (unpaired) electrons. The average Bonchev–Trinajstić information content (AvgIpc) is 3.40. The smallest absolute Gasteiger partial charge is 0.289 e. The highest BCUT2D eigenvalue weighted by molar-refractivity contribution is 5.95. The zero-order chi connectivity index (χ0) is 31.8. The third kappa shape index (κ3) is 5.60. The lowest BCUT2D eigenvalue weighted by Crippen LogP contribution is -2.42. The summed E-state index contributed by atoms with van der Waals surface area (Å²) in [6, 6.07) is 20.3. The van der Waals surface area contributed by atoms with Crippen LogP contribution in [0.15, 0.2) is 67.0 Å². The van der Waals surface area contributed by atoms with Crippen LogP contribution < -0.4 is 21.3 Å². The number of carbonyl (C=O) groups is 2. The van der Waals surface area contributed by atoms with Crippen LogP contribution in [-0.4, -0.2) is 92.1 Å². The average molecular weight is 627 g/mol. The molecule has 4 aromatic rings. The van der Waals surface area contributed by atoms with Crippen molar-refractivity contribution in [2.75, 3.05) is 31.5 Å². The Hall–Kier alpha value is -4.43. The van der Waals surface area contributed by atoms with Crippen molar-refractivity contribution < 1.29 is 24.5 Å². The van der Waals surface area contributed by atoms with Gasteiger partial charge in [-0.05, 0) is 37.4 Å². The fraction of sp³-hybridized carbons (Fsp3) is 0.424. The lowest BCUT2D eigenvalue weighted by atomic mass is 9.91. The van der Waals surface area contributed by atoms with Crippen LogP contribution >= 0.6 is 0 Å². The number of nitrogens with zero attached hydrogens (tertiary/aromatic N) is 4. The summed E-state index contributed by atoms with van der Waals surface area (Å²) in [5.74, 6) is -0.713. The van der Waals surface area contributed by atoms with Crippen molar-refractivity contribution in [1.82, 2.24) is 35.5 Å². The summed E-state index contributed by atoms with van der Waals surface area (Å²) in [5, 5.41) is 34.2. The van der Waals surface area contributed by atoms with Crippen LogP contribution in [0, 0.1) is 5.41 Å². The van der Waals surface area contributed by atoms with Crippen LogP contribution in [0.5, 0.6) is 0 Å². The quantitative estimate of drug-likeness (QED) is 0.151. The van der Waals surface area contributed by atoms with Gasteiger partial charge in [0.05, 0.1) is 6.33 Å². The zero-order valence-electron chi connectivity index (χ0n) is 25.5. The van der Waals surface area contributed by atoms with Gasteiger partial charge in [0, 0.05) is 37.0 Å². The molecule has 3 aliphatic rings. The summed E-state index contributed by atoms with van der Waals surface area (Å²) >= 11 is 0. The van der Waals surface area contributed by atoms with Crippen LogP contribution in [0.2, 0.25) is 0 Å². The number of ether oxygens (including phenoxy) is 1. The van der Waals surface area contributed by atoms with Gasteiger partial charge in [0.25, 0.3) is 11.8 Å². The zero-order valence-corrected chi connectivity index (χ0v) is 25.5. The number of likely N-dealkylation sites (N-methyl/N-ethyl adjacent to an activating group) is 1. The van der Waals surface area contributed by atoms with E-state index >= 15 is 0 Å². The second-order valence-corrected chi connectivity index (χ2v) is 12.3. The first-order valence-electron chi connectivity index (χ1n) is 15.8. The van der Waals surface area contributed by atoms with E-state index in [1.54, 1.807) is 6.92 Å². The Balaban J connectivity index is 1.23. The number of fused-ring (bicyclic) bond motifs is 1. The summed E-state index contributed by atoms with van der Waals surface area (Å²) in [6.45, 7) is 4.32. The monoisotopic (exact) mass is 626 g/mol. The molecule has 1 saturated carbocycles. The second-order valence-electron chi connectivity index (χ2n) is 12.3. The highest BCUT2D eigenvalue weighted by Crippen LogP contribution is 2.50. The molecule has 2 aromatic carbocycles. The second kappa shape index (κ2) is 12.4. The number of benzene rings is 2. The van der Waals surface area contributed by atoms with Gasteiger partial charge in [0.2, 0.25) is 5.82 Å². The Labute approximate surface area is 265 Å². The van der Waals surface area contributed by atoms with E-state index in [1.807, 2.05) is 36.4 Å². The van der Waals surface area contributed by atoms with Gasteiger partial charge in [-0.15, -0.1) is 0 Å². The molecular formula is C33H38N8O5. The Morgan fingerprint density at radius 3 is 2.43 bits per heavy atom. The molecule has 2 amide bonds. The number of aliphatic hydroxyl groups excluding tert-OH is 2. The number of amides is 2. The predicted molar refractivity (Wildman–Crippen MR) is 169 cm³/mol. The number of carbonyl (C=O) groups excluding carboxylic acids is 2. The fourth-order valence-corrected chi connectivity index (χ4v) is 6.72. The number of hydrogen-bond donors (Lipinski definition) is 6. The van der Waals surface area contributed by atoms with Crippen LogP contribution in [0.4, 0.5) is 5.82 Å². The van der Waals surface area contributed by atoms with Crippen molar-refractivity contribution in [3.05, 3.63) is 83.9 Å². The third-order valence-electron chi connectivity index (χ3n) is 9.40. The summed E-state index contributed by atoms with van der Waals surface area (Å²) in [6.07, 6.45) is -2.07. The van der Waals surface area contributed by atoms with Crippen molar-refractivity contribution in [2.24, 2.45) is 5.41 Å². The molecule has 2 saturated heterocycles. The normalized spacial score (nSPS) is 26.9. The maximum absolute atomic E-state index is 13.6. The first-order valence-corrected chi connectivity index (χ1v) is 15.8. The minimum absolute atomic E-state index is 0.0316. The molecule has 0 bridgehead atoms. The van der Waals surface area contributed by atoms with Gasteiger partial charge in [0.1, 0.15) is 12.2 Å². The van der Waals surface area contributed by atoms with Gasteiger partial charge >= 0.3 is 0 Å². The summed E-state index contributed by atoms with van der Waals surface area (Å²) in [7, 11) is 0. The van der Waals surface area contributed by atoms with Crippen LogP contribution in [0.25, 0.3) is 11.2 Å². The molecule has 13 nitrogen and oxygen atoms in total. The van der Waals surface area contributed by atoms with E-state index in [4.69, 9.17) is 4.74 Å². The largest absolute Gasteiger partial charge is 0.387 e. The Morgan fingerprint density at radius 1 is 1.07 bits per heavy atom. The van der Waals surface area contributed by atoms with E-state index in [-0.39, 0.29) is 28.8 Å². The number of hydrogen-bond acceptors (Lipinski definition) is 10. The molecule has 6 atom stereocenters. The first kappa shape index (κ1) is 30.2. The van der Waals surface area contributed by atoms with Crippen LogP contribution in [0.1, 0.15) is 53.7 Å². The van der Waals surface area contributed by atoms with Gasteiger partial charge in [-0.2, -0.15) is 0 Å². The van der Waals surface area contributed by atoms with Gasteiger partial charge in [-0.3, -0.25) is 14.2 Å². The number of nitrogens with one attached hydrogen (secondary N) is 4. The molecule has 7 rings (SSSR count). The summed E-state index contributed by atoms with van der Waals surface area (Å²) in [4.78, 5) is 40.0. The minimum Gasteiger partial charge on any atom is -0.387 e. The predicted octanol–water partition coefficient (Wildman–Crippen LogP) is 1.31. The van der Waals surface area contributed by atoms with Gasteiger partial charge in [0.15, 0.2) is 29.3 Å². The lowest BCUT2D eigenvalue weighted by Gasteiger charge is -2.20. The van der Waals surface area contributed by atoms with E-state index in [9.17, 15) is 19.8 Å². The fourth-order valence-electron chi connectivity index (χ4n) is 6.72. The Morgan fingerprint density at radius 2 is 1.78 bits per heavy atom. The molecule has 2 unspecified atom stereocenters.